The minimum absolute atomic E-state index is 0.0691. The quantitative estimate of drug-likeness (QED) is 0.878. The van der Waals surface area contributed by atoms with Crippen molar-refractivity contribution in [2.24, 2.45) is 0 Å². The zero-order valence-corrected chi connectivity index (χ0v) is 11.4. The Kier molecular flexibility index (Phi) is 5.28. The van der Waals surface area contributed by atoms with Crippen molar-refractivity contribution >= 4 is 21.9 Å². The summed E-state index contributed by atoms with van der Waals surface area (Å²) in [6.45, 7) is 4.77. The fourth-order valence-corrected chi connectivity index (χ4v) is 1.94. The smallest absolute Gasteiger partial charge is 0.307 e. The topological polar surface area (TPSA) is 55.8 Å². The highest BCUT2D eigenvalue weighted by molar-refractivity contribution is 9.10. The van der Waals surface area contributed by atoms with Gasteiger partial charge in [-0.3, -0.25) is 4.79 Å². The van der Waals surface area contributed by atoms with E-state index in [0.29, 0.717) is 30.3 Å². The van der Waals surface area contributed by atoms with Gasteiger partial charge in [0.25, 0.3) is 0 Å². The summed E-state index contributed by atoms with van der Waals surface area (Å²) < 4.78 is 11.6. The van der Waals surface area contributed by atoms with Gasteiger partial charge in [-0.25, -0.2) is 0 Å². The standard InChI is InChI=1S/C12H15BrO4/c1-3-16-10-7-11(17-4-2)9(13)5-8(10)6-12(14)15/h5,7H,3-4,6H2,1-2H3,(H,14,15). The fourth-order valence-electron chi connectivity index (χ4n) is 1.43. The molecular weight excluding hydrogens is 288 g/mol. The van der Waals surface area contributed by atoms with Crippen molar-refractivity contribution in [1.29, 1.82) is 0 Å². The molecule has 1 N–H and O–H groups in total. The Bertz CT molecular complexity index is 404. The van der Waals surface area contributed by atoms with Crippen LogP contribution in [0, 0.1) is 0 Å². The van der Waals surface area contributed by atoms with E-state index in [9.17, 15) is 4.79 Å². The monoisotopic (exact) mass is 302 g/mol. The molecule has 0 heterocycles. The first kappa shape index (κ1) is 13.8. The van der Waals surface area contributed by atoms with Gasteiger partial charge in [0.2, 0.25) is 0 Å². The molecule has 0 amide bonds. The number of carboxylic acids is 1. The molecule has 0 aliphatic heterocycles. The lowest BCUT2D eigenvalue weighted by Gasteiger charge is -2.13. The van der Waals surface area contributed by atoms with Gasteiger partial charge in [-0.15, -0.1) is 0 Å². The molecule has 17 heavy (non-hydrogen) atoms. The number of halogens is 1. The second-order valence-corrected chi connectivity index (χ2v) is 4.18. The summed E-state index contributed by atoms with van der Waals surface area (Å²) in [7, 11) is 0. The average Bonchev–Trinajstić information content (AvgIpc) is 2.24. The van der Waals surface area contributed by atoms with Crippen molar-refractivity contribution < 1.29 is 19.4 Å². The molecule has 0 saturated carbocycles. The lowest BCUT2D eigenvalue weighted by atomic mass is 10.1. The maximum Gasteiger partial charge on any atom is 0.307 e. The molecule has 1 aromatic carbocycles. The molecule has 0 fully saturated rings. The predicted octanol–water partition coefficient (Wildman–Crippen LogP) is 2.87. The van der Waals surface area contributed by atoms with Gasteiger partial charge in [0, 0.05) is 11.6 Å². The van der Waals surface area contributed by atoms with Crippen LogP contribution in [0.1, 0.15) is 19.4 Å². The van der Waals surface area contributed by atoms with Gasteiger partial charge in [-0.2, -0.15) is 0 Å². The Hall–Kier alpha value is -1.23. The molecular formula is C12H15BrO4. The van der Waals surface area contributed by atoms with Gasteiger partial charge in [0.05, 0.1) is 24.1 Å². The van der Waals surface area contributed by atoms with Crippen LogP contribution in [0.15, 0.2) is 16.6 Å². The molecule has 0 radical (unpaired) electrons. The molecule has 1 rings (SSSR count). The molecule has 0 atom stereocenters. The highest BCUT2D eigenvalue weighted by Gasteiger charge is 2.12. The van der Waals surface area contributed by atoms with E-state index in [1.54, 1.807) is 12.1 Å². The van der Waals surface area contributed by atoms with Crippen molar-refractivity contribution in [2.75, 3.05) is 13.2 Å². The van der Waals surface area contributed by atoms with Gasteiger partial charge < -0.3 is 14.6 Å². The van der Waals surface area contributed by atoms with Gasteiger partial charge in [0.15, 0.2) is 0 Å². The van der Waals surface area contributed by atoms with Crippen LogP contribution in [0.2, 0.25) is 0 Å². The molecule has 0 unspecified atom stereocenters. The number of carboxylic acid groups (broad SMARTS) is 1. The van der Waals surface area contributed by atoms with Crippen LogP contribution in [0.4, 0.5) is 0 Å². The van der Waals surface area contributed by atoms with E-state index in [2.05, 4.69) is 15.9 Å². The lowest BCUT2D eigenvalue weighted by molar-refractivity contribution is -0.136. The number of rotatable bonds is 6. The van der Waals surface area contributed by atoms with Crippen LogP contribution >= 0.6 is 15.9 Å². The first-order valence-corrected chi connectivity index (χ1v) is 6.17. The number of benzene rings is 1. The average molecular weight is 303 g/mol. The number of carbonyl (C=O) groups is 1. The third kappa shape index (κ3) is 3.93. The maximum atomic E-state index is 10.7. The third-order valence-electron chi connectivity index (χ3n) is 2.06. The molecule has 0 spiro atoms. The second-order valence-electron chi connectivity index (χ2n) is 3.33. The summed E-state index contributed by atoms with van der Waals surface area (Å²) in [5.41, 5.74) is 0.634. The Morgan fingerprint density at radius 3 is 2.35 bits per heavy atom. The largest absolute Gasteiger partial charge is 0.493 e. The van der Waals surface area contributed by atoms with Crippen LogP contribution < -0.4 is 9.47 Å². The van der Waals surface area contributed by atoms with Crippen LogP contribution in [-0.4, -0.2) is 24.3 Å². The summed E-state index contributed by atoms with van der Waals surface area (Å²) in [5.74, 6) is 0.327. The Balaban J connectivity index is 3.10. The minimum atomic E-state index is -0.887. The predicted molar refractivity (Wildman–Crippen MR) is 67.8 cm³/mol. The van der Waals surface area contributed by atoms with E-state index in [1.165, 1.54) is 0 Å². The molecule has 4 nitrogen and oxygen atoms in total. The first-order chi connectivity index (χ1) is 8.08. The Morgan fingerprint density at radius 2 is 1.82 bits per heavy atom. The number of ether oxygens (including phenoxy) is 2. The minimum Gasteiger partial charge on any atom is -0.493 e. The molecule has 5 heteroatoms. The second kappa shape index (κ2) is 6.49. The fraction of sp³-hybridized carbons (Fsp3) is 0.417. The first-order valence-electron chi connectivity index (χ1n) is 5.38. The molecule has 1 aromatic rings. The summed E-state index contributed by atoms with van der Waals surface area (Å²) in [6.07, 6.45) is -0.0691. The zero-order chi connectivity index (χ0) is 12.8. The van der Waals surface area contributed by atoms with E-state index in [-0.39, 0.29) is 6.42 Å². The van der Waals surface area contributed by atoms with E-state index in [0.717, 1.165) is 4.47 Å². The maximum absolute atomic E-state index is 10.7. The van der Waals surface area contributed by atoms with Crippen LogP contribution in [-0.2, 0) is 11.2 Å². The van der Waals surface area contributed by atoms with E-state index in [4.69, 9.17) is 14.6 Å². The zero-order valence-electron chi connectivity index (χ0n) is 9.83. The van der Waals surface area contributed by atoms with Crippen molar-refractivity contribution in [3.8, 4) is 11.5 Å². The highest BCUT2D eigenvalue weighted by atomic mass is 79.9. The van der Waals surface area contributed by atoms with Gasteiger partial charge >= 0.3 is 5.97 Å². The number of hydrogen-bond donors (Lipinski definition) is 1. The SMILES string of the molecule is CCOc1cc(OCC)c(CC(=O)O)cc1Br. The Labute approximate surface area is 109 Å². The molecule has 0 aromatic heterocycles. The van der Waals surface area contributed by atoms with Crippen molar-refractivity contribution in [1.82, 2.24) is 0 Å². The van der Waals surface area contributed by atoms with Crippen molar-refractivity contribution in [2.45, 2.75) is 20.3 Å². The normalized spacial score (nSPS) is 10.1. The summed E-state index contributed by atoms with van der Waals surface area (Å²) >= 11 is 3.35. The number of aliphatic carboxylic acids is 1. The summed E-state index contributed by atoms with van der Waals surface area (Å²) in [5, 5.41) is 8.82. The van der Waals surface area contributed by atoms with Crippen molar-refractivity contribution in [3.05, 3.63) is 22.2 Å². The third-order valence-corrected chi connectivity index (χ3v) is 2.68. The van der Waals surface area contributed by atoms with Gasteiger partial charge in [-0.1, -0.05) is 0 Å². The highest BCUT2D eigenvalue weighted by Crippen LogP contribution is 2.33. The molecule has 0 aliphatic carbocycles. The van der Waals surface area contributed by atoms with E-state index >= 15 is 0 Å². The van der Waals surface area contributed by atoms with Crippen LogP contribution in [0.25, 0.3) is 0 Å². The van der Waals surface area contributed by atoms with E-state index < -0.39 is 5.97 Å². The van der Waals surface area contributed by atoms with Gasteiger partial charge in [-0.05, 0) is 35.8 Å². The lowest BCUT2D eigenvalue weighted by Crippen LogP contribution is -2.05. The van der Waals surface area contributed by atoms with Crippen LogP contribution in [0.5, 0.6) is 11.5 Å². The molecule has 0 bridgehead atoms. The number of hydrogen-bond acceptors (Lipinski definition) is 3. The molecule has 0 saturated heterocycles. The van der Waals surface area contributed by atoms with E-state index in [1.807, 2.05) is 13.8 Å². The summed E-state index contributed by atoms with van der Waals surface area (Å²) in [6, 6.07) is 3.44. The summed E-state index contributed by atoms with van der Waals surface area (Å²) in [4.78, 5) is 10.7. The van der Waals surface area contributed by atoms with Crippen LogP contribution in [0.3, 0.4) is 0 Å². The Morgan fingerprint density at radius 1 is 1.24 bits per heavy atom. The van der Waals surface area contributed by atoms with Gasteiger partial charge in [0.1, 0.15) is 11.5 Å². The molecule has 0 aliphatic rings. The van der Waals surface area contributed by atoms with Crippen molar-refractivity contribution in [3.63, 3.8) is 0 Å². The molecule has 94 valence electrons.